The largest absolute Gasteiger partial charge is 0.333 e. The number of halogens is 1. The number of aromatic nitrogens is 4. The van der Waals surface area contributed by atoms with E-state index in [1.165, 1.54) is 11.0 Å². The Balaban J connectivity index is 1.95. The highest BCUT2D eigenvalue weighted by Crippen LogP contribution is 2.11. The summed E-state index contributed by atoms with van der Waals surface area (Å²) in [5.41, 5.74) is 1.49. The van der Waals surface area contributed by atoms with Crippen molar-refractivity contribution in [1.82, 2.24) is 25.5 Å². The SMILES string of the molecule is C=C(Br)CNC(=O)Nc1ccc(-n2cnnn2)cc1. The molecule has 0 aliphatic carbocycles. The number of nitrogens with one attached hydrogen (secondary N) is 2. The van der Waals surface area contributed by atoms with E-state index in [9.17, 15) is 4.79 Å². The number of anilines is 1. The Morgan fingerprint density at radius 3 is 2.68 bits per heavy atom. The number of rotatable bonds is 4. The maximum atomic E-state index is 11.5. The number of carbonyl (C=O) groups is 1. The fraction of sp³-hybridized carbons (Fsp3) is 0.0909. The van der Waals surface area contributed by atoms with Crippen molar-refractivity contribution in [3.63, 3.8) is 0 Å². The molecular weight excluding hydrogens is 312 g/mol. The van der Waals surface area contributed by atoms with Crippen molar-refractivity contribution < 1.29 is 4.79 Å². The molecule has 1 aromatic heterocycles. The zero-order chi connectivity index (χ0) is 13.7. The maximum Gasteiger partial charge on any atom is 0.319 e. The minimum Gasteiger partial charge on any atom is -0.333 e. The first-order chi connectivity index (χ1) is 9.15. The van der Waals surface area contributed by atoms with Crippen molar-refractivity contribution in [3.8, 4) is 5.69 Å². The van der Waals surface area contributed by atoms with Gasteiger partial charge in [-0.2, -0.15) is 0 Å². The summed E-state index contributed by atoms with van der Waals surface area (Å²) in [5.74, 6) is 0. The minimum absolute atomic E-state index is 0.296. The van der Waals surface area contributed by atoms with Crippen LogP contribution in [-0.4, -0.2) is 32.8 Å². The zero-order valence-electron chi connectivity index (χ0n) is 9.88. The average molecular weight is 323 g/mol. The number of nitrogens with zero attached hydrogens (tertiary/aromatic N) is 4. The molecule has 19 heavy (non-hydrogen) atoms. The third kappa shape index (κ3) is 3.88. The molecule has 0 fully saturated rings. The van der Waals surface area contributed by atoms with E-state index in [0.29, 0.717) is 16.7 Å². The molecule has 2 aromatic rings. The Kier molecular flexibility index (Phi) is 4.24. The summed E-state index contributed by atoms with van der Waals surface area (Å²) in [6.45, 7) is 4.00. The van der Waals surface area contributed by atoms with Crippen LogP contribution in [-0.2, 0) is 0 Å². The Labute approximate surface area is 117 Å². The number of urea groups is 1. The van der Waals surface area contributed by atoms with Gasteiger partial charge in [0.1, 0.15) is 6.33 Å². The Hall–Kier alpha value is -2.22. The predicted octanol–water partition coefficient (Wildman–Crippen LogP) is 1.69. The van der Waals surface area contributed by atoms with Gasteiger partial charge in [0, 0.05) is 10.2 Å². The van der Waals surface area contributed by atoms with Crippen molar-refractivity contribution in [1.29, 1.82) is 0 Å². The fourth-order valence-electron chi connectivity index (χ4n) is 1.33. The third-order valence-electron chi connectivity index (χ3n) is 2.18. The molecule has 2 N–H and O–H groups in total. The summed E-state index contributed by atoms with van der Waals surface area (Å²) in [5, 5.41) is 16.2. The Morgan fingerprint density at radius 1 is 1.37 bits per heavy atom. The van der Waals surface area contributed by atoms with E-state index in [2.05, 4.69) is 48.7 Å². The van der Waals surface area contributed by atoms with Crippen LogP contribution in [0.15, 0.2) is 41.7 Å². The second-order valence-corrected chi connectivity index (χ2v) is 4.75. The number of hydrogen-bond donors (Lipinski definition) is 2. The van der Waals surface area contributed by atoms with Gasteiger partial charge in [-0.15, -0.1) is 5.10 Å². The molecule has 2 rings (SSSR count). The highest BCUT2D eigenvalue weighted by molar-refractivity contribution is 9.11. The summed E-state index contributed by atoms with van der Waals surface area (Å²) in [4.78, 5) is 11.5. The van der Waals surface area contributed by atoms with Crippen LogP contribution >= 0.6 is 15.9 Å². The van der Waals surface area contributed by atoms with E-state index in [1.807, 2.05) is 0 Å². The van der Waals surface area contributed by atoms with Crippen LogP contribution in [0.2, 0.25) is 0 Å². The van der Waals surface area contributed by atoms with Gasteiger partial charge in [0.05, 0.1) is 12.2 Å². The molecule has 7 nitrogen and oxygen atoms in total. The third-order valence-corrected chi connectivity index (χ3v) is 2.46. The molecule has 8 heteroatoms. The van der Waals surface area contributed by atoms with Crippen molar-refractivity contribution in [2.45, 2.75) is 0 Å². The van der Waals surface area contributed by atoms with Gasteiger partial charge in [-0.05, 0) is 34.7 Å². The summed E-state index contributed by atoms with van der Waals surface area (Å²) in [7, 11) is 0. The molecule has 0 saturated heterocycles. The molecule has 98 valence electrons. The lowest BCUT2D eigenvalue weighted by Gasteiger charge is -2.07. The van der Waals surface area contributed by atoms with E-state index < -0.39 is 0 Å². The maximum absolute atomic E-state index is 11.5. The van der Waals surface area contributed by atoms with Gasteiger partial charge in [-0.1, -0.05) is 22.5 Å². The quantitative estimate of drug-likeness (QED) is 0.897. The lowest BCUT2D eigenvalue weighted by Crippen LogP contribution is -2.29. The van der Waals surface area contributed by atoms with Crippen LogP contribution in [0.25, 0.3) is 5.69 Å². The number of hydrogen-bond acceptors (Lipinski definition) is 4. The normalized spacial score (nSPS) is 9.95. The topological polar surface area (TPSA) is 84.7 Å². The van der Waals surface area contributed by atoms with Crippen molar-refractivity contribution in [2.24, 2.45) is 0 Å². The van der Waals surface area contributed by atoms with Crippen LogP contribution in [0.4, 0.5) is 10.5 Å². The molecule has 0 spiro atoms. The molecular formula is C11H11BrN6O. The number of benzene rings is 1. The second kappa shape index (κ2) is 6.10. The highest BCUT2D eigenvalue weighted by atomic mass is 79.9. The number of carbonyl (C=O) groups excluding carboxylic acids is 1. The van der Waals surface area contributed by atoms with Gasteiger partial charge >= 0.3 is 6.03 Å². The highest BCUT2D eigenvalue weighted by Gasteiger charge is 2.02. The zero-order valence-corrected chi connectivity index (χ0v) is 11.5. The van der Waals surface area contributed by atoms with Gasteiger partial charge in [-0.3, -0.25) is 0 Å². The molecule has 2 amide bonds. The minimum atomic E-state index is -0.296. The molecule has 0 aliphatic rings. The van der Waals surface area contributed by atoms with Gasteiger partial charge in [0.2, 0.25) is 0 Å². The van der Waals surface area contributed by atoms with Gasteiger partial charge < -0.3 is 10.6 Å². The first-order valence-corrected chi connectivity index (χ1v) is 6.16. The molecule has 1 heterocycles. The van der Waals surface area contributed by atoms with Gasteiger partial charge in [0.25, 0.3) is 0 Å². The van der Waals surface area contributed by atoms with Crippen LogP contribution in [0, 0.1) is 0 Å². The van der Waals surface area contributed by atoms with Crippen molar-refractivity contribution in [2.75, 3.05) is 11.9 Å². The summed E-state index contributed by atoms with van der Waals surface area (Å²) in [6.07, 6.45) is 1.50. The average Bonchev–Trinajstić information content (AvgIpc) is 2.91. The Morgan fingerprint density at radius 2 is 2.11 bits per heavy atom. The Bertz CT molecular complexity index is 565. The van der Waals surface area contributed by atoms with Crippen molar-refractivity contribution >= 4 is 27.6 Å². The molecule has 0 saturated carbocycles. The first kappa shape index (κ1) is 13.2. The van der Waals surface area contributed by atoms with Crippen LogP contribution in [0.5, 0.6) is 0 Å². The standard InChI is InChI=1S/C11H11BrN6O/c1-8(12)6-13-11(19)15-9-2-4-10(5-3-9)18-7-14-16-17-18/h2-5,7H,1,6H2,(H2,13,15,19). The molecule has 0 atom stereocenters. The lowest BCUT2D eigenvalue weighted by atomic mass is 10.3. The summed E-state index contributed by atoms with van der Waals surface area (Å²) >= 11 is 3.16. The van der Waals surface area contributed by atoms with Crippen LogP contribution < -0.4 is 10.6 Å². The smallest absolute Gasteiger partial charge is 0.319 e. The summed E-state index contributed by atoms with van der Waals surface area (Å²) in [6, 6.07) is 6.83. The van der Waals surface area contributed by atoms with Gasteiger partial charge in [-0.25, -0.2) is 9.48 Å². The number of amides is 2. The molecule has 0 radical (unpaired) electrons. The number of tetrazole rings is 1. The van der Waals surface area contributed by atoms with Crippen LogP contribution in [0.1, 0.15) is 0 Å². The molecule has 1 aromatic carbocycles. The monoisotopic (exact) mass is 322 g/mol. The molecule has 0 bridgehead atoms. The van der Waals surface area contributed by atoms with E-state index in [0.717, 1.165) is 5.69 Å². The van der Waals surface area contributed by atoms with E-state index in [1.54, 1.807) is 24.3 Å². The fourth-order valence-corrected chi connectivity index (χ4v) is 1.47. The van der Waals surface area contributed by atoms with Crippen LogP contribution in [0.3, 0.4) is 0 Å². The van der Waals surface area contributed by atoms with E-state index >= 15 is 0 Å². The molecule has 0 aliphatic heterocycles. The van der Waals surface area contributed by atoms with E-state index in [-0.39, 0.29) is 6.03 Å². The lowest BCUT2D eigenvalue weighted by molar-refractivity contribution is 0.253. The first-order valence-electron chi connectivity index (χ1n) is 5.37. The predicted molar refractivity (Wildman–Crippen MR) is 74.2 cm³/mol. The second-order valence-electron chi connectivity index (χ2n) is 3.63. The van der Waals surface area contributed by atoms with E-state index in [4.69, 9.17) is 0 Å². The molecule has 0 unspecified atom stereocenters. The summed E-state index contributed by atoms with van der Waals surface area (Å²) < 4.78 is 2.23. The van der Waals surface area contributed by atoms with Crippen molar-refractivity contribution in [3.05, 3.63) is 41.7 Å². The van der Waals surface area contributed by atoms with Gasteiger partial charge in [0.15, 0.2) is 0 Å².